The number of halogens is 1. The molecule has 1 fully saturated rings. The van der Waals surface area contributed by atoms with Gasteiger partial charge in [0.2, 0.25) is 0 Å². The van der Waals surface area contributed by atoms with Crippen LogP contribution in [0.4, 0.5) is 0 Å². The first kappa shape index (κ1) is 12.7. The summed E-state index contributed by atoms with van der Waals surface area (Å²) >= 11 is 6.26. The Morgan fingerprint density at radius 1 is 1.53 bits per heavy atom. The molecule has 0 N–H and O–H groups in total. The molecule has 1 aliphatic carbocycles. The maximum absolute atomic E-state index is 12.0. The maximum Gasteiger partial charge on any atom is 0.355 e. The van der Waals surface area contributed by atoms with E-state index in [1.54, 1.807) is 0 Å². The van der Waals surface area contributed by atoms with Gasteiger partial charge in [-0.15, -0.1) is 11.6 Å². The van der Waals surface area contributed by atoms with E-state index in [0.717, 1.165) is 18.6 Å². The molecule has 0 radical (unpaired) electrons. The largest absolute Gasteiger partial charge is 0.466 e. The van der Waals surface area contributed by atoms with Gasteiger partial charge < -0.3 is 9.57 Å². The zero-order chi connectivity index (χ0) is 12.8. The van der Waals surface area contributed by atoms with E-state index < -0.39 is 11.6 Å². The van der Waals surface area contributed by atoms with Crippen LogP contribution in [0.2, 0.25) is 0 Å². The number of carbonyl (C=O) groups is 1. The van der Waals surface area contributed by atoms with Gasteiger partial charge in [-0.25, -0.2) is 4.79 Å². The molecule has 0 aromatic rings. The van der Waals surface area contributed by atoms with Gasteiger partial charge in [-0.05, 0) is 12.8 Å². The molecule has 0 bridgehead atoms. The predicted octanol–water partition coefficient (Wildman–Crippen LogP) is 2.35. The summed E-state index contributed by atoms with van der Waals surface area (Å²) < 4.78 is 4.85. The van der Waals surface area contributed by atoms with Gasteiger partial charge in [-0.2, -0.15) is 0 Å². The second kappa shape index (κ2) is 3.87. The quantitative estimate of drug-likeness (QED) is 0.536. The van der Waals surface area contributed by atoms with Crippen molar-refractivity contribution >= 4 is 23.3 Å². The van der Waals surface area contributed by atoms with E-state index in [9.17, 15) is 4.79 Å². The summed E-state index contributed by atoms with van der Waals surface area (Å²) in [5, 5.41) is 3.74. The Labute approximate surface area is 106 Å². The summed E-state index contributed by atoms with van der Waals surface area (Å²) in [6.07, 6.45) is 1.57. The van der Waals surface area contributed by atoms with Crippen LogP contribution in [0.5, 0.6) is 0 Å². The first-order chi connectivity index (χ1) is 7.84. The van der Waals surface area contributed by atoms with Crippen LogP contribution in [0.3, 0.4) is 0 Å². The third kappa shape index (κ3) is 1.65. The van der Waals surface area contributed by atoms with E-state index in [1.807, 2.05) is 0 Å². The second-order valence-electron chi connectivity index (χ2n) is 5.70. The van der Waals surface area contributed by atoms with E-state index in [4.69, 9.17) is 21.2 Å². The zero-order valence-corrected chi connectivity index (χ0v) is 11.4. The molecule has 17 heavy (non-hydrogen) atoms. The highest BCUT2D eigenvalue weighted by Crippen LogP contribution is 2.50. The number of fused-ring (bicyclic) bond motifs is 1. The average Bonchev–Trinajstić information content (AvgIpc) is 2.76. The molecule has 1 aliphatic heterocycles. The molecule has 4 nitrogen and oxygen atoms in total. The molecule has 3 unspecified atom stereocenters. The molecule has 1 heterocycles. The molecule has 0 saturated heterocycles. The van der Waals surface area contributed by atoms with E-state index >= 15 is 0 Å². The fraction of sp³-hybridized carbons (Fsp3) is 0.833. The van der Waals surface area contributed by atoms with Gasteiger partial charge in [0, 0.05) is 5.41 Å². The van der Waals surface area contributed by atoms with Crippen LogP contribution in [-0.2, 0) is 14.4 Å². The van der Waals surface area contributed by atoms with Gasteiger partial charge >= 0.3 is 5.97 Å². The molecule has 0 amide bonds. The van der Waals surface area contributed by atoms with E-state index in [0.29, 0.717) is 0 Å². The van der Waals surface area contributed by atoms with Crippen molar-refractivity contribution in [3.63, 3.8) is 0 Å². The Kier molecular flexibility index (Phi) is 2.89. The third-order valence-corrected chi connectivity index (χ3v) is 4.13. The molecule has 0 spiro atoms. The van der Waals surface area contributed by atoms with Crippen molar-refractivity contribution < 1.29 is 14.4 Å². The topological polar surface area (TPSA) is 47.9 Å². The highest BCUT2D eigenvalue weighted by Gasteiger charge is 2.65. The lowest BCUT2D eigenvalue weighted by Crippen LogP contribution is -2.50. The van der Waals surface area contributed by atoms with Crippen molar-refractivity contribution in [2.24, 2.45) is 16.5 Å². The molecule has 1 saturated carbocycles. The highest BCUT2D eigenvalue weighted by molar-refractivity contribution is 6.24. The van der Waals surface area contributed by atoms with Crippen LogP contribution in [0.1, 0.15) is 33.6 Å². The molecule has 0 aromatic carbocycles. The minimum absolute atomic E-state index is 0.0579. The van der Waals surface area contributed by atoms with Crippen molar-refractivity contribution in [2.45, 2.75) is 44.6 Å². The summed E-state index contributed by atoms with van der Waals surface area (Å²) in [6, 6.07) is 0. The van der Waals surface area contributed by atoms with Gasteiger partial charge in [0.15, 0.2) is 0 Å². The van der Waals surface area contributed by atoms with Crippen LogP contribution in [-0.4, -0.2) is 29.8 Å². The Morgan fingerprint density at radius 3 is 2.71 bits per heavy atom. The normalized spacial score (nSPS) is 36.2. The smallest absolute Gasteiger partial charge is 0.355 e. The minimum atomic E-state index is -1.10. The fourth-order valence-electron chi connectivity index (χ4n) is 2.74. The van der Waals surface area contributed by atoms with Crippen LogP contribution in [0.25, 0.3) is 0 Å². The first-order valence-electron chi connectivity index (χ1n) is 5.83. The van der Waals surface area contributed by atoms with Crippen LogP contribution >= 0.6 is 11.6 Å². The molecule has 2 aliphatic rings. The number of oxime groups is 1. The molecular formula is C12H18ClNO3. The number of ether oxygens (including phenoxy) is 1. The molecule has 5 heteroatoms. The number of nitrogens with zero attached hydrogens (tertiary/aromatic N) is 1. The standard InChI is InChI=1S/C12H18ClNO3/c1-11(2,3)9-7-5-6-8(13)12(7,17-14-9)10(15)16-4/h7-8H,5-6H2,1-4H3. The summed E-state index contributed by atoms with van der Waals surface area (Å²) in [5.74, 6) is -0.472. The van der Waals surface area contributed by atoms with Crippen molar-refractivity contribution in [1.29, 1.82) is 0 Å². The SMILES string of the molecule is COC(=O)C12ON=C(C(C)(C)C)C1CCC2Cl. The van der Waals surface area contributed by atoms with Gasteiger partial charge in [-0.1, -0.05) is 25.9 Å². The van der Waals surface area contributed by atoms with Crippen molar-refractivity contribution in [1.82, 2.24) is 0 Å². The lowest BCUT2D eigenvalue weighted by Gasteiger charge is -2.29. The van der Waals surface area contributed by atoms with Crippen LogP contribution < -0.4 is 0 Å². The Bertz CT molecular complexity index is 374. The Balaban J connectivity index is 2.38. The molecule has 2 rings (SSSR count). The summed E-state index contributed by atoms with van der Waals surface area (Å²) in [6.45, 7) is 6.18. The van der Waals surface area contributed by atoms with Crippen LogP contribution in [0.15, 0.2) is 5.16 Å². The number of hydrogen-bond acceptors (Lipinski definition) is 4. The summed E-state index contributed by atoms with van der Waals surface area (Å²) in [4.78, 5) is 17.4. The second-order valence-corrected chi connectivity index (χ2v) is 6.23. The van der Waals surface area contributed by atoms with Gasteiger partial charge in [0.25, 0.3) is 5.60 Å². The minimum Gasteiger partial charge on any atom is -0.466 e. The fourth-order valence-corrected chi connectivity index (χ4v) is 3.14. The Morgan fingerprint density at radius 2 is 2.18 bits per heavy atom. The maximum atomic E-state index is 12.0. The average molecular weight is 260 g/mol. The lowest BCUT2D eigenvalue weighted by molar-refractivity contribution is -0.168. The number of methoxy groups -OCH3 is 1. The number of alkyl halides is 1. The van der Waals surface area contributed by atoms with E-state index in [2.05, 4.69) is 25.9 Å². The van der Waals surface area contributed by atoms with Gasteiger partial charge in [0.1, 0.15) is 0 Å². The zero-order valence-electron chi connectivity index (χ0n) is 10.6. The molecule has 96 valence electrons. The van der Waals surface area contributed by atoms with Crippen molar-refractivity contribution in [2.75, 3.05) is 7.11 Å². The van der Waals surface area contributed by atoms with Crippen molar-refractivity contribution in [3.05, 3.63) is 0 Å². The predicted molar refractivity (Wildman–Crippen MR) is 65.1 cm³/mol. The van der Waals surface area contributed by atoms with Gasteiger partial charge in [-0.3, -0.25) is 0 Å². The van der Waals surface area contributed by atoms with Gasteiger partial charge in [0.05, 0.1) is 24.1 Å². The molecule has 0 aromatic heterocycles. The number of esters is 1. The summed E-state index contributed by atoms with van der Waals surface area (Å²) in [5.41, 5.74) is -0.314. The summed E-state index contributed by atoms with van der Waals surface area (Å²) in [7, 11) is 1.36. The lowest BCUT2D eigenvalue weighted by atomic mass is 9.76. The molecular weight excluding hydrogens is 242 g/mol. The number of hydrogen-bond donors (Lipinski definition) is 0. The van der Waals surface area contributed by atoms with Crippen LogP contribution in [0, 0.1) is 11.3 Å². The monoisotopic (exact) mass is 259 g/mol. The first-order valence-corrected chi connectivity index (χ1v) is 6.26. The Hall–Kier alpha value is -0.770. The molecule has 3 atom stereocenters. The van der Waals surface area contributed by atoms with Crippen molar-refractivity contribution in [3.8, 4) is 0 Å². The third-order valence-electron chi connectivity index (χ3n) is 3.59. The number of carbonyl (C=O) groups excluding carboxylic acids is 1. The van der Waals surface area contributed by atoms with E-state index in [-0.39, 0.29) is 16.7 Å². The highest BCUT2D eigenvalue weighted by atomic mass is 35.5. The van der Waals surface area contributed by atoms with E-state index in [1.165, 1.54) is 7.11 Å². The number of rotatable bonds is 1.